The van der Waals surface area contributed by atoms with Gasteiger partial charge in [-0.05, 0) is 38.1 Å². The van der Waals surface area contributed by atoms with Gasteiger partial charge in [-0.3, -0.25) is 4.79 Å². The van der Waals surface area contributed by atoms with Crippen molar-refractivity contribution in [2.45, 2.75) is 57.9 Å². The van der Waals surface area contributed by atoms with E-state index < -0.39 is 5.54 Å². The number of primary amides is 1. The van der Waals surface area contributed by atoms with Crippen LogP contribution in [0.15, 0.2) is 0 Å². The molecule has 3 nitrogen and oxygen atoms in total. The van der Waals surface area contributed by atoms with E-state index in [9.17, 15) is 4.79 Å². The maximum Gasteiger partial charge on any atom is 0.237 e. The fraction of sp³-hybridized carbons (Fsp3) is 0.917. The topological polar surface area (TPSA) is 55.1 Å². The molecule has 88 valence electrons. The molecule has 1 aliphatic carbocycles. The lowest BCUT2D eigenvalue weighted by molar-refractivity contribution is -0.125. The summed E-state index contributed by atoms with van der Waals surface area (Å²) in [5.74, 6) is 0.615. The van der Waals surface area contributed by atoms with Crippen molar-refractivity contribution in [2.24, 2.45) is 11.7 Å². The van der Waals surface area contributed by atoms with Gasteiger partial charge in [-0.1, -0.05) is 26.7 Å². The molecule has 3 heteroatoms. The number of carbonyl (C=O) groups excluding carboxylic acids is 1. The molecule has 1 aliphatic rings. The van der Waals surface area contributed by atoms with E-state index in [1.165, 1.54) is 12.8 Å². The summed E-state index contributed by atoms with van der Waals surface area (Å²) in [6, 6.07) is 0. The zero-order valence-electron chi connectivity index (χ0n) is 10.0. The molecule has 3 N–H and O–H groups in total. The van der Waals surface area contributed by atoms with E-state index >= 15 is 0 Å². The van der Waals surface area contributed by atoms with E-state index in [1.807, 2.05) is 0 Å². The van der Waals surface area contributed by atoms with E-state index in [2.05, 4.69) is 19.2 Å². The lowest BCUT2D eigenvalue weighted by Gasteiger charge is -2.31. The molecule has 0 heterocycles. The molecule has 15 heavy (non-hydrogen) atoms. The van der Waals surface area contributed by atoms with Gasteiger partial charge in [0.25, 0.3) is 0 Å². The largest absolute Gasteiger partial charge is 0.368 e. The number of hydrogen-bond acceptors (Lipinski definition) is 2. The Bertz CT molecular complexity index is 206. The molecule has 1 amide bonds. The minimum absolute atomic E-state index is 0.174. The van der Waals surface area contributed by atoms with E-state index in [1.54, 1.807) is 0 Å². The van der Waals surface area contributed by atoms with Gasteiger partial charge in [0.2, 0.25) is 5.91 Å². The molecule has 0 bridgehead atoms. The Labute approximate surface area is 92.8 Å². The summed E-state index contributed by atoms with van der Waals surface area (Å²) in [5, 5.41) is 3.42. The molecular weight excluding hydrogens is 188 g/mol. The highest BCUT2D eigenvalue weighted by molar-refractivity contribution is 5.84. The van der Waals surface area contributed by atoms with Gasteiger partial charge < -0.3 is 11.1 Å². The van der Waals surface area contributed by atoms with Crippen molar-refractivity contribution in [3.8, 4) is 0 Å². The summed E-state index contributed by atoms with van der Waals surface area (Å²) in [7, 11) is 0. The summed E-state index contributed by atoms with van der Waals surface area (Å²) in [4.78, 5) is 11.6. The van der Waals surface area contributed by atoms with Gasteiger partial charge >= 0.3 is 0 Å². The molecule has 0 saturated heterocycles. The second-order valence-electron chi connectivity index (χ2n) is 4.77. The zero-order chi connectivity index (χ0) is 11.3. The zero-order valence-corrected chi connectivity index (χ0v) is 10.0. The molecule has 1 saturated carbocycles. The van der Waals surface area contributed by atoms with Gasteiger partial charge in [-0.15, -0.1) is 0 Å². The van der Waals surface area contributed by atoms with Crippen molar-refractivity contribution >= 4 is 5.91 Å². The van der Waals surface area contributed by atoms with Crippen molar-refractivity contribution < 1.29 is 4.79 Å². The van der Waals surface area contributed by atoms with Crippen molar-refractivity contribution in [3.05, 3.63) is 0 Å². The molecule has 0 unspecified atom stereocenters. The number of amides is 1. The van der Waals surface area contributed by atoms with E-state index in [4.69, 9.17) is 5.73 Å². The predicted molar refractivity (Wildman–Crippen MR) is 62.5 cm³/mol. The average molecular weight is 212 g/mol. The number of carbonyl (C=O) groups is 1. The Morgan fingerprint density at radius 1 is 1.33 bits per heavy atom. The summed E-state index contributed by atoms with van der Waals surface area (Å²) >= 11 is 0. The van der Waals surface area contributed by atoms with Crippen LogP contribution in [-0.4, -0.2) is 18.0 Å². The first kappa shape index (κ1) is 12.5. The molecule has 0 atom stereocenters. The molecule has 0 spiro atoms. The minimum atomic E-state index is -0.438. The molecule has 0 aliphatic heterocycles. The molecular formula is C12H24N2O. The summed E-state index contributed by atoms with van der Waals surface area (Å²) < 4.78 is 0. The Balaban J connectivity index is 2.55. The standard InChI is InChI=1S/C12H24N2O/c1-3-7-12(8-4-2,11(13)15)14-9-10-5-6-10/h10,14H,3-9H2,1-2H3,(H2,13,15). The van der Waals surface area contributed by atoms with Crippen LogP contribution in [0.5, 0.6) is 0 Å². The Morgan fingerprint density at radius 3 is 2.20 bits per heavy atom. The van der Waals surface area contributed by atoms with Crippen molar-refractivity contribution in [1.29, 1.82) is 0 Å². The quantitative estimate of drug-likeness (QED) is 0.644. The predicted octanol–water partition coefficient (Wildman–Crippen LogP) is 1.81. The van der Waals surface area contributed by atoms with E-state index in [-0.39, 0.29) is 5.91 Å². The van der Waals surface area contributed by atoms with Gasteiger partial charge in [0.1, 0.15) is 0 Å². The van der Waals surface area contributed by atoms with Crippen LogP contribution in [0.2, 0.25) is 0 Å². The fourth-order valence-corrected chi connectivity index (χ4v) is 2.15. The lowest BCUT2D eigenvalue weighted by atomic mass is 9.87. The summed E-state index contributed by atoms with van der Waals surface area (Å²) in [6.07, 6.45) is 6.34. The molecule has 0 aromatic rings. The van der Waals surface area contributed by atoms with Crippen LogP contribution in [0, 0.1) is 5.92 Å². The van der Waals surface area contributed by atoms with E-state index in [0.717, 1.165) is 38.1 Å². The van der Waals surface area contributed by atoms with Crippen molar-refractivity contribution in [1.82, 2.24) is 5.32 Å². The molecule has 1 fully saturated rings. The van der Waals surface area contributed by atoms with Crippen LogP contribution in [-0.2, 0) is 4.79 Å². The maximum absolute atomic E-state index is 11.6. The first-order valence-electron chi connectivity index (χ1n) is 6.19. The van der Waals surface area contributed by atoms with Gasteiger partial charge in [0.15, 0.2) is 0 Å². The maximum atomic E-state index is 11.6. The third-order valence-electron chi connectivity index (χ3n) is 3.25. The second-order valence-corrected chi connectivity index (χ2v) is 4.77. The normalized spacial score (nSPS) is 16.7. The highest BCUT2D eigenvalue weighted by Crippen LogP contribution is 2.29. The lowest BCUT2D eigenvalue weighted by Crippen LogP contribution is -2.55. The third kappa shape index (κ3) is 3.49. The Hall–Kier alpha value is -0.570. The second kappa shape index (κ2) is 5.50. The van der Waals surface area contributed by atoms with Gasteiger partial charge in [-0.2, -0.15) is 0 Å². The van der Waals surface area contributed by atoms with Gasteiger partial charge in [0, 0.05) is 0 Å². The summed E-state index contributed by atoms with van der Waals surface area (Å²) in [6.45, 7) is 5.17. The van der Waals surface area contributed by atoms with Gasteiger partial charge in [0.05, 0.1) is 5.54 Å². The van der Waals surface area contributed by atoms with Crippen LogP contribution in [0.25, 0.3) is 0 Å². The van der Waals surface area contributed by atoms with Crippen LogP contribution in [0.1, 0.15) is 52.4 Å². The van der Waals surface area contributed by atoms with Gasteiger partial charge in [-0.25, -0.2) is 0 Å². The number of nitrogens with two attached hydrogens (primary N) is 1. The number of hydrogen-bond donors (Lipinski definition) is 2. The van der Waals surface area contributed by atoms with Crippen LogP contribution < -0.4 is 11.1 Å². The monoisotopic (exact) mass is 212 g/mol. The highest BCUT2D eigenvalue weighted by atomic mass is 16.1. The van der Waals surface area contributed by atoms with Crippen LogP contribution in [0.4, 0.5) is 0 Å². The first-order chi connectivity index (χ1) is 7.14. The molecule has 1 rings (SSSR count). The Kier molecular flexibility index (Phi) is 4.58. The van der Waals surface area contributed by atoms with Crippen molar-refractivity contribution in [3.63, 3.8) is 0 Å². The smallest absolute Gasteiger partial charge is 0.237 e. The Morgan fingerprint density at radius 2 is 1.87 bits per heavy atom. The SMILES string of the molecule is CCCC(CCC)(NCC1CC1)C(N)=O. The first-order valence-corrected chi connectivity index (χ1v) is 6.19. The molecule has 0 aromatic heterocycles. The highest BCUT2D eigenvalue weighted by Gasteiger charge is 2.35. The van der Waals surface area contributed by atoms with E-state index in [0.29, 0.717) is 0 Å². The molecule has 0 radical (unpaired) electrons. The number of rotatable bonds is 8. The van der Waals surface area contributed by atoms with Crippen LogP contribution in [0.3, 0.4) is 0 Å². The summed E-state index contributed by atoms with van der Waals surface area (Å²) in [5.41, 5.74) is 5.11. The fourth-order valence-electron chi connectivity index (χ4n) is 2.15. The van der Waals surface area contributed by atoms with Crippen LogP contribution >= 0.6 is 0 Å². The van der Waals surface area contributed by atoms with Crippen molar-refractivity contribution in [2.75, 3.05) is 6.54 Å². The number of nitrogens with one attached hydrogen (secondary N) is 1. The average Bonchev–Trinajstić information content (AvgIpc) is 2.98. The third-order valence-corrected chi connectivity index (χ3v) is 3.25. The minimum Gasteiger partial charge on any atom is -0.368 e. The molecule has 0 aromatic carbocycles.